The van der Waals surface area contributed by atoms with Crippen LogP contribution in [0.2, 0.25) is 0 Å². The molecule has 1 aromatic carbocycles. The molecule has 0 spiro atoms. The molecule has 1 heterocycles. The van der Waals surface area contributed by atoms with Crippen LogP contribution in [0, 0.1) is 0 Å². The van der Waals surface area contributed by atoms with Gasteiger partial charge in [0.25, 0.3) is 0 Å². The molecule has 1 aromatic heterocycles. The highest BCUT2D eigenvalue weighted by Gasteiger charge is 2.09. The summed E-state index contributed by atoms with van der Waals surface area (Å²) in [5, 5.41) is 3.35. The molecule has 1 atom stereocenters. The average molecular weight is 277 g/mol. The number of imidazole rings is 1. The van der Waals surface area contributed by atoms with Gasteiger partial charge >= 0.3 is 0 Å². The summed E-state index contributed by atoms with van der Waals surface area (Å²) in [6, 6.07) is 8.54. The molecule has 5 heteroatoms. The van der Waals surface area contributed by atoms with E-state index in [0.717, 1.165) is 11.6 Å². The minimum atomic E-state index is 0.249. The van der Waals surface area contributed by atoms with Gasteiger partial charge in [-0.15, -0.1) is 11.8 Å². The predicted molar refractivity (Wildman–Crippen MR) is 80.3 cm³/mol. The lowest BCUT2D eigenvalue weighted by atomic mass is 10.3. The van der Waals surface area contributed by atoms with E-state index in [4.69, 9.17) is 4.74 Å². The Morgan fingerprint density at radius 2 is 2.32 bits per heavy atom. The van der Waals surface area contributed by atoms with Crippen LogP contribution in [0.3, 0.4) is 0 Å². The van der Waals surface area contributed by atoms with Gasteiger partial charge in [0.1, 0.15) is 0 Å². The molecule has 102 valence electrons. The number of aromatic nitrogens is 2. The number of anilines is 2. The third kappa shape index (κ3) is 3.52. The van der Waals surface area contributed by atoms with Crippen molar-refractivity contribution in [2.24, 2.45) is 0 Å². The normalized spacial score (nSPS) is 12.4. The molecule has 0 radical (unpaired) electrons. The maximum atomic E-state index is 5.19. The molecule has 2 aromatic rings. The smallest absolute Gasteiger partial charge is 0.207 e. The van der Waals surface area contributed by atoms with Crippen molar-refractivity contribution in [3.05, 3.63) is 36.7 Å². The zero-order valence-electron chi connectivity index (χ0n) is 11.5. The SMILES string of the molecule is COCC(C)n1ccnc1Nc1cccc(SC)c1. The van der Waals surface area contributed by atoms with Crippen LogP contribution in [-0.2, 0) is 4.74 Å². The number of hydrogen-bond donors (Lipinski definition) is 1. The lowest BCUT2D eigenvalue weighted by Gasteiger charge is -2.16. The second kappa shape index (κ2) is 6.63. The van der Waals surface area contributed by atoms with E-state index < -0.39 is 0 Å². The highest BCUT2D eigenvalue weighted by Crippen LogP contribution is 2.23. The molecule has 0 amide bonds. The Morgan fingerprint density at radius 3 is 3.05 bits per heavy atom. The molecule has 1 N–H and O–H groups in total. The summed E-state index contributed by atoms with van der Waals surface area (Å²) in [5.41, 5.74) is 1.05. The van der Waals surface area contributed by atoms with Crippen molar-refractivity contribution >= 4 is 23.4 Å². The van der Waals surface area contributed by atoms with Gasteiger partial charge in [-0.25, -0.2) is 4.98 Å². The third-order valence-corrected chi connectivity index (χ3v) is 3.60. The van der Waals surface area contributed by atoms with E-state index in [1.165, 1.54) is 4.90 Å². The van der Waals surface area contributed by atoms with Crippen LogP contribution in [0.15, 0.2) is 41.6 Å². The van der Waals surface area contributed by atoms with E-state index in [1.807, 2.05) is 18.3 Å². The Kier molecular flexibility index (Phi) is 4.87. The van der Waals surface area contributed by atoms with Crippen LogP contribution in [0.1, 0.15) is 13.0 Å². The Morgan fingerprint density at radius 1 is 1.47 bits per heavy atom. The van der Waals surface area contributed by atoms with Crippen LogP contribution >= 0.6 is 11.8 Å². The van der Waals surface area contributed by atoms with Gasteiger partial charge in [-0.1, -0.05) is 6.07 Å². The molecule has 0 saturated heterocycles. The monoisotopic (exact) mass is 277 g/mol. The molecule has 0 aliphatic carbocycles. The van der Waals surface area contributed by atoms with Crippen molar-refractivity contribution < 1.29 is 4.74 Å². The van der Waals surface area contributed by atoms with Gasteiger partial charge < -0.3 is 14.6 Å². The fourth-order valence-corrected chi connectivity index (χ4v) is 2.38. The van der Waals surface area contributed by atoms with Gasteiger partial charge in [-0.05, 0) is 31.4 Å². The van der Waals surface area contributed by atoms with Gasteiger partial charge in [0.05, 0.1) is 12.6 Å². The number of rotatable bonds is 6. The van der Waals surface area contributed by atoms with E-state index >= 15 is 0 Å². The fourth-order valence-electron chi connectivity index (χ4n) is 1.92. The lowest BCUT2D eigenvalue weighted by Crippen LogP contribution is -2.12. The summed E-state index contributed by atoms with van der Waals surface area (Å²) in [7, 11) is 1.71. The molecule has 0 aliphatic heterocycles. The Labute approximate surface area is 118 Å². The molecular weight excluding hydrogens is 258 g/mol. The topological polar surface area (TPSA) is 39.1 Å². The van der Waals surface area contributed by atoms with E-state index in [2.05, 4.69) is 40.2 Å². The first-order valence-electron chi connectivity index (χ1n) is 6.17. The summed E-state index contributed by atoms with van der Waals surface area (Å²) in [5.74, 6) is 0.836. The molecular formula is C14H19N3OS. The van der Waals surface area contributed by atoms with E-state index in [0.29, 0.717) is 6.61 Å². The number of ether oxygens (including phenoxy) is 1. The van der Waals surface area contributed by atoms with Crippen molar-refractivity contribution in [3.63, 3.8) is 0 Å². The minimum absolute atomic E-state index is 0.249. The van der Waals surface area contributed by atoms with E-state index in [-0.39, 0.29) is 6.04 Å². The fraction of sp³-hybridized carbons (Fsp3) is 0.357. The average Bonchev–Trinajstić information content (AvgIpc) is 2.87. The number of nitrogens with zero attached hydrogens (tertiary/aromatic N) is 2. The van der Waals surface area contributed by atoms with Crippen molar-refractivity contribution in [2.45, 2.75) is 17.9 Å². The van der Waals surface area contributed by atoms with Gasteiger partial charge in [-0.3, -0.25) is 0 Å². The quantitative estimate of drug-likeness (QED) is 0.820. The van der Waals surface area contributed by atoms with Crippen LogP contribution in [0.5, 0.6) is 0 Å². The first-order valence-corrected chi connectivity index (χ1v) is 7.40. The number of benzene rings is 1. The maximum absolute atomic E-state index is 5.19. The number of methoxy groups -OCH3 is 1. The second-order valence-electron chi connectivity index (χ2n) is 4.32. The van der Waals surface area contributed by atoms with Crippen molar-refractivity contribution in [3.8, 4) is 0 Å². The van der Waals surface area contributed by atoms with E-state index in [1.54, 1.807) is 25.1 Å². The maximum Gasteiger partial charge on any atom is 0.207 e. The molecule has 2 rings (SSSR count). The van der Waals surface area contributed by atoms with E-state index in [9.17, 15) is 0 Å². The Hall–Kier alpha value is -1.46. The van der Waals surface area contributed by atoms with Crippen molar-refractivity contribution in [1.82, 2.24) is 9.55 Å². The van der Waals surface area contributed by atoms with Gasteiger partial charge in [-0.2, -0.15) is 0 Å². The summed E-state index contributed by atoms with van der Waals surface area (Å²) in [4.78, 5) is 5.59. The first kappa shape index (κ1) is 14.0. The van der Waals surface area contributed by atoms with Crippen molar-refractivity contribution in [2.75, 3.05) is 25.3 Å². The first-order chi connectivity index (χ1) is 9.24. The van der Waals surface area contributed by atoms with Crippen LogP contribution in [-0.4, -0.2) is 29.5 Å². The van der Waals surface area contributed by atoms with Crippen molar-refractivity contribution in [1.29, 1.82) is 0 Å². The number of thioether (sulfide) groups is 1. The zero-order chi connectivity index (χ0) is 13.7. The Bertz CT molecular complexity index is 527. The molecule has 0 saturated carbocycles. The van der Waals surface area contributed by atoms with Gasteiger partial charge in [0.2, 0.25) is 5.95 Å². The molecule has 0 fully saturated rings. The van der Waals surface area contributed by atoms with Gasteiger partial charge in [0, 0.05) is 30.1 Å². The number of hydrogen-bond acceptors (Lipinski definition) is 4. The standard InChI is InChI=1S/C14H19N3OS/c1-11(10-18-2)17-8-7-15-14(17)16-12-5-4-6-13(9-12)19-3/h4-9,11H,10H2,1-3H3,(H,15,16). The van der Waals surface area contributed by atoms with Crippen LogP contribution in [0.25, 0.3) is 0 Å². The van der Waals surface area contributed by atoms with Crippen LogP contribution in [0.4, 0.5) is 11.6 Å². The summed E-state index contributed by atoms with van der Waals surface area (Å²) in [6.07, 6.45) is 5.83. The molecule has 4 nitrogen and oxygen atoms in total. The summed E-state index contributed by atoms with van der Waals surface area (Å²) < 4.78 is 7.27. The van der Waals surface area contributed by atoms with Gasteiger partial charge in [0.15, 0.2) is 0 Å². The molecule has 1 unspecified atom stereocenters. The lowest BCUT2D eigenvalue weighted by molar-refractivity contribution is 0.163. The summed E-state index contributed by atoms with van der Waals surface area (Å²) in [6.45, 7) is 2.77. The zero-order valence-corrected chi connectivity index (χ0v) is 12.3. The highest BCUT2D eigenvalue weighted by molar-refractivity contribution is 7.98. The predicted octanol–water partition coefficient (Wildman–Crippen LogP) is 3.56. The Balaban J connectivity index is 2.16. The highest BCUT2D eigenvalue weighted by atomic mass is 32.2. The summed E-state index contributed by atoms with van der Waals surface area (Å²) >= 11 is 1.73. The second-order valence-corrected chi connectivity index (χ2v) is 5.20. The molecule has 0 aliphatic rings. The minimum Gasteiger partial charge on any atom is -0.383 e. The largest absolute Gasteiger partial charge is 0.383 e. The van der Waals surface area contributed by atoms with Crippen LogP contribution < -0.4 is 5.32 Å². The molecule has 19 heavy (non-hydrogen) atoms. The number of nitrogens with one attached hydrogen (secondary N) is 1. The molecule has 0 bridgehead atoms. The third-order valence-electron chi connectivity index (χ3n) is 2.88.